The van der Waals surface area contributed by atoms with Gasteiger partial charge in [0, 0.05) is 7.05 Å². The van der Waals surface area contributed by atoms with E-state index in [1.807, 2.05) is 51.1 Å². The Hall–Kier alpha value is -1.84. The van der Waals surface area contributed by atoms with Crippen molar-refractivity contribution in [3.05, 3.63) is 35.9 Å². The summed E-state index contributed by atoms with van der Waals surface area (Å²) in [5.74, 6) is -1.95. The lowest BCUT2D eigenvalue weighted by atomic mass is 10.1. The van der Waals surface area contributed by atoms with Crippen molar-refractivity contribution in [1.82, 2.24) is 4.90 Å². The molecule has 1 fully saturated rings. The van der Waals surface area contributed by atoms with Gasteiger partial charge in [0.25, 0.3) is 0 Å². The third-order valence-electron chi connectivity index (χ3n) is 4.57. The molecule has 0 heterocycles. The minimum atomic E-state index is -0.880. The van der Waals surface area contributed by atoms with Crippen molar-refractivity contribution in [2.45, 2.75) is 26.8 Å². The molecule has 1 aromatic carbocycles. The molecule has 0 aromatic heterocycles. The number of benzene rings is 1. The highest BCUT2D eigenvalue weighted by atomic mass is 16.4. The molecule has 108 valence electrons. The van der Waals surface area contributed by atoms with Crippen molar-refractivity contribution in [1.29, 1.82) is 0 Å². The van der Waals surface area contributed by atoms with E-state index in [0.717, 1.165) is 5.56 Å². The van der Waals surface area contributed by atoms with Crippen molar-refractivity contribution in [2.24, 2.45) is 17.3 Å². The molecular formula is C16H21NO3. The topological polar surface area (TPSA) is 57.6 Å². The smallest absolute Gasteiger partial charge is 0.307 e. The first-order valence-corrected chi connectivity index (χ1v) is 6.83. The maximum absolute atomic E-state index is 12.5. The Morgan fingerprint density at radius 3 is 2.20 bits per heavy atom. The summed E-state index contributed by atoms with van der Waals surface area (Å²) in [5.41, 5.74) is 0.599. The summed E-state index contributed by atoms with van der Waals surface area (Å²) in [4.78, 5) is 25.4. The normalized spacial score (nSPS) is 24.8. The van der Waals surface area contributed by atoms with Crippen LogP contribution in [0, 0.1) is 17.3 Å². The SMILES string of the molecule is CC(c1ccccc1)N(C)C(=O)[C@H]1[C@@H](C(=O)O)C1(C)C. The fourth-order valence-electron chi connectivity index (χ4n) is 2.92. The average molecular weight is 275 g/mol. The van der Waals surface area contributed by atoms with Crippen LogP contribution < -0.4 is 0 Å². The van der Waals surface area contributed by atoms with Gasteiger partial charge in [-0.25, -0.2) is 0 Å². The van der Waals surface area contributed by atoms with Gasteiger partial charge in [-0.3, -0.25) is 9.59 Å². The van der Waals surface area contributed by atoms with Gasteiger partial charge in [0.2, 0.25) is 5.91 Å². The van der Waals surface area contributed by atoms with Gasteiger partial charge < -0.3 is 10.0 Å². The van der Waals surface area contributed by atoms with E-state index < -0.39 is 23.2 Å². The summed E-state index contributed by atoms with van der Waals surface area (Å²) >= 11 is 0. The molecule has 20 heavy (non-hydrogen) atoms. The van der Waals surface area contributed by atoms with E-state index in [1.54, 1.807) is 11.9 Å². The van der Waals surface area contributed by atoms with E-state index in [9.17, 15) is 14.7 Å². The van der Waals surface area contributed by atoms with Crippen LogP contribution in [0.5, 0.6) is 0 Å². The van der Waals surface area contributed by atoms with Crippen LogP contribution in [0.1, 0.15) is 32.4 Å². The highest BCUT2D eigenvalue weighted by molar-refractivity contribution is 5.91. The van der Waals surface area contributed by atoms with Crippen molar-refractivity contribution < 1.29 is 14.7 Å². The summed E-state index contributed by atoms with van der Waals surface area (Å²) in [7, 11) is 1.74. The number of nitrogens with zero attached hydrogens (tertiary/aromatic N) is 1. The van der Waals surface area contributed by atoms with E-state index in [2.05, 4.69) is 0 Å². The summed E-state index contributed by atoms with van der Waals surface area (Å²) in [5, 5.41) is 9.17. The molecule has 4 heteroatoms. The number of hydrogen-bond donors (Lipinski definition) is 1. The summed E-state index contributed by atoms with van der Waals surface area (Å²) in [6.45, 7) is 5.64. The van der Waals surface area contributed by atoms with Crippen molar-refractivity contribution in [2.75, 3.05) is 7.05 Å². The Morgan fingerprint density at radius 1 is 1.20 bits per heavy atom. The Labute approximate surface area is 119 Å². The van der Waals surface area contributed by atoms with Crippen LogP contribution in [0.15, 0.2) is 30.3 Å². The van der Waals surface area contributed by atoms with Gasteiger partial charge >= 0.3 is 5.97 Å². The Balaban J connectivity index is 2.13. The number of carboxylic acid groups (broad SMARTS) is 1. The number of amides is 1. The fourth-order valence-corrected chi connectivity index (χ4v) is 2.92. The second-order valence-corrected chi connectivity index (χ2v) is 6.15. The van der Waals surface area contributed by atoms with E-state index >= 15 is 0 Å². The lowest BCUT2D eigenvalue weighted by molar-refractivity contribution is -0.142. The van der Waals surface area contributed by atoms with Crippen LogP contribution >= 0.6 is 0 Å². The molecule has 2 rings (SSSR count). The largest absolute Gasteiger partial charge is 0.481 e. The second kappa shape index (κ2) is 4.93. The third-order valence-corrected chi connectivity index (χ3v) is 4.57. The lowest BCUT2D eigenvalue weighted by Crippen LogP contribution is -2.32. The molecule has 1 unspecified atom stereocenters. The molecule has 4 nitrogen and oxygen atoms in total. The van der Waals surface area contributed by atoms with Gasteiger partial charge in [-0.15, -0.1) is 0 Å². The average Bonchev–Trinajstić information content (AvgIpc) is 3.00. The number of rotatable bonds is 4. The number of hydrogen-bond acceptors (Lipinski definition) is 2. The fraction of sp³-hybridized carbons (Fsp3) is 0.500. The van der Waals surface area contributed by atoms with Crippen molar-refractivity contribution >= 4 is 11.9 Å². The highest BCUT2D eigenvalue weighted by Crippen LogP contribution is 2.59. The van der Waals surface area contributed by atoms with Crippen LogP contribution in [0.3, 0.4) is 0 Å². The van der Waals surface area contributed by atoms with Gasteiger partial charge in [0.05, 0.1) is 17.9 Å². The maximum atomic E-state index is 12.5. The Morgan fingerprint density at radius 2 is 1.75 bits per heavy atom. The van der Waals surface area contributed by atoms with E-state index in [-0.39, 0.29) is 11.9 Å². The van der Waals surface area contributed by atoms with Crippen LogP contribution in [-0.4, -0.2) is 28.9 Å². The van der Waals surface area contributed by atoms with E-state index in [4.69, 9.17) is 0 Å². The molecule has 1 N–H and O–H groups in total. The first-order valence-electron chi connectivity index (χ1n) is 6.83. The number of carboxylic acids is 1. The molecule has 0 spiro atoms. The number of carbonyl (C=O) groups excluding carboxylic acids is 1. The van der Waals surface area contributed by atoms with Gasteiger partial charge in [0.15, 0.2) is 0 Å². The first-order chi connectivity index (χ1) is 9.28. The van der Waals surface area contributed by atoms with Crippen molar-refractivity contribution in [3.8, 4) is 0 Å². The molecule has 1 aliphatic carbocycles. The predicted molar refractivity (Wildman–Crippen MR) is 76.0 cm³/mol. The second-order valence-electron chi connectivity index (χ2n) is 6.15. The predicted octanol–water partition coefficient (Wildman–Crippen LogP) is 2.56. The summed E-state index contributed by atoms with van der Waals surface area (Å²) < 4.78 is 0. The standard InChI is InChI=1S/C16H21NO3/c1-10(11-8-6-5-7-9-11)17(4)14(18)12-13(15(19)20)16(12,2)3/h5-10,12-13H,1-4H3,(H,19,20)/t10?,12-,13+/m1/s1. The molecule has 0 bridgehead atoms. The van der Waals surface area contributed by atoms with Crippen molar-refractivity contribution in [3.63, 3.8) is 0 Å². The van der Waals surface area contributed by atoms with E-state index in [0.29, 0.717) is 0 Å². The number of carbonyl (C=O) groups is 2. The number of aliphatic carboxylic acids is 1. The third kappa shape index (κ3) is 2.30. The van der Waals surface area contributed by atoms with Crippen LogP contribution in [0.2, 0.25) is 0 Å². The van der Waals surface area contributed by atoms with Gasteiger partial charge in [0.1, 0.15) is 0 Å². The van der Waals surface area contributed by atoms with E-state index in [1.165, 1.54) is 0 Å². The highest BCUT2D eigenvalue weighted by Gasteiger charge is 2.66. The summed E-state index contributed by atoms with van der Waals surface area (Å²) in [6.07, 6.45) is 0. The molecule has 0 aliphatic heterocycles. The summed E-state index contributed by atoms with van der Waals surface area (Å²) in [6, 6.07) is 9.69. The molecule has 1 amide bonds. The van der Waals surface area contributed by atoms with Gasteiger partial charge in [-0.2, -0.15) is 0 Å². The van der Waals surface area contributed by atoms with Gasteiger partial charge in [-0.05, 0) is 17.9 Å². The minimum absolute atomic E-state index is 0.0606. The molecule has 0 radical (unpaired) electrons. The van der Waals surface area contributed by atoms with Crippen LogP contribution in [-0.2, 0) is 9.59 Å². The quantitative estimate of drug-likeness (QED) is 0.918. The Bertz CT molecular complexity index is 524. The molecule has 1 aliphatic rings. The zero-order valence-corrected chi connectivity index (χ0v) is 12.3. The molecule has 3 atom stereocenters. The van der Waals surface area contributed by atoms with Crippen LogP contribution in [0.25, 0.3) is 0 Å². The maximum Gasteiger partial charge on any atom is 0.307 e. The zero-order chi connectivity index (χ0) is 15.1. The molecule has 0 saturated heterocycles. The molecule has 1 aromatic rings. The molecular weight excluding hydrogens is 254 g/mol. The minimum Gasteiger partial charge on any atom is -0.481 e. The van der Waals surface area contributed by atoms with Crippen LogP contribution in [0.4, 0.5) is 0 Å². The van der Waals surface area contributed by atoms with Gasteiger partial charge in [-0.1, -0.05) is 44.2 Å². The molecule has 1 saturated carbocycles. The lowest BCUT2D eigenvalue weighted by Gasteiger charge is -2.26. The Kier molecular flexibility index (Phi) is 3.59. The monoisotopic (exact) mass is 275 g/mol. The first kappa shape index (κ1) is 14.6. The zero-order valence-electron chi connectivity index (χ0n) is 12.3.